The molecule has 19 heavy (non-hydrogen) atoms. The van der Waals surface area contributed by atoms with Crippen LogP contribution in [0.2, 0.25) is 0 Å². The van der Waals surface area contributed by atoms with E-state index in [4.69, 9.17) is 0 Å². The van der Waals surface area contributed by atoms with Crippen LogP contribution >= 0.6 is 11.8 Å². The highest BCUT2D eigenvalue weighted by molar-refractivity contribution is 7.99. The second-order valence-electron chi connectivity index (χ2n) is 4.19. The highest BCUT2D eigenvalue weighted by Crippen LogP contribution is 2.29. The van der Waals surface area contributed by atoms with Crippen LogP contribution in [0, 0.1) is 10.1 Å². The molecule has 1 aliphatic rings. The van der Waals surface area contributed by atoms with E-state index in [2.05, 4.69) is 10.1 Å². The minimum absolute atomic E-state index is 0.0236. The lowest BCUT2D eigenvalue weighted by atomic mass is 10.1. The highest BCUT2D eigenvalue weighted by Gasteiger charge is 2.22. The summed E-state index contributed by atoms with van der Waals surface area (Å²) in [7, 11) is 1.28. The van der Waals surface area contributed by atoms with Gasteiger partial charge in [0.25, 0.3) is 5.69 Å². The molecule has 0 aromatic heterocycles. The first-order chi connectivity index (χ1) is 9.11. The standard InChI is InChI=1S/C12H14N2O4S/c1-18-12(15)8-2-3-11(14(16)17)10(6-8)13-9-4-5-19-7-9/h2-3,6,9,13H,4-5,7H2,1H3. The number of carbonyl (C=O) groups excluding carboxylic acids is 1. The third-order valence-corrected chi connectivity index (χ3v) is 4.07. The Labute approximate surface area is 114 Å². The Bertz CT molecular complexity index is 501. The van der Waals surface area contributed by atoms with E-state index >= 15 is 0 Å². The molecule has 2 rings (SSSR count). The van der Waals surface area contributed by atoms with E-state index in [1.807, 2.05) is 0 Å². The molecule has 0 radical (unpaired) electrons. The van der Waals surface area contributed by atoms with Crippen molar-refractivity contribution in [2.75, 3.05) is 23.9 Å². The summed E-state index contributed by atoms with van der Waals surface area (Å²) in [5.74, 6) is 1.46. The van der Waals surface area contributed by atoms with Crippen LogP contribution in [0.3, 0.4) is 0 Å². The zero-order valence-electron chi connectivity index (χ0n) is 10.4. The van der Waals surface area contributed by atoms with Gasteiger partial charge in [0.2, 0.25) is 0 Å². The lowest BCUT2D eigenvalue weighted by Crippen LogP contribution is -2.19. The van der Waals surface area contributed by atoms with Gasteiger partial charge in [-0.25, -0.2) is 4.79 Å². The fourth-order valence-corrected chi connectivity index (χ4v) is 3.08. The summed E-state index contributed by atoms with van der Waals surface area (Å²) in [4.78, 5) is 22.0. The van der Waals surface area contributed by atoms with Crippen LogP contribution in [0.4, 0.5) is 11.4 Å². The molecule has 1 saturated heterocycles. The van der Waals surface area contributed by atoms with Crippen LogP contribution in [0.15, 0.2) is 18.2 Å². The van der Waals surface area contributed by atoms with E-state index in [-0.39, 0.29) is 11.7 Å². The molecule has 0 aliphatic carbocycles. The maximum Gasteiger partial charge on any atom is 0.337 e. The minimum atomic E-state index is -0.501. The fraction of sp³-hybridized carbons (Fsp3) is 0.417. The van der Waals surface area contributed by atoms with Gasteiger partial charge in [0.15, 0.2) is 0 Å². The van der Waals surface area contributed by atoms with Gasteiger partial charge >= 0.3 is 5.97 Å². The number of nitro groups is 1. The molecule has 1 fully saturated rings. The van der Waals surface area contributed by atoms with E-state index in [1.165, 1.54) is 25.3 Å². The van der Waals surface area contributed by atoms with Gasteiger partial charge in [-0.05, 0) is 24.3 Å². The zero-order valence-corrected chi connectivity index (χ0v) is 11.2. The van der Waals surface area contributed by atoms with Gasteiger partial charge in [-0.3, -0.25) is 10.1 Å². The van der Waals surface area contributed by atoms with Gasteiger partial charge < -0.3 is 10.1 Å². The van der Waals surface area contributed by atoms with Gasteiger partial charge in [0.1, 0.15) is 5.69 Å². The maximum absolute atomic E-state index is 11.5. The molecule has 1 aromatic carbocycles. The number of esters is 1. The number of carbonyl (C=O) groups is 1. The van der Waals surface area contributed by atoms with Crippen molar-refractivity contribution in [2.45, 2.75) is 12.5 Å². The smallest absolute Gasteiger partial charge is 0.337 e. The number of nitrogens with one attached hydrogen (secondary N) is 1. The third-order valence-electron chi connectivity index (χ3n) is 2.90. The number of anilines is 1. The van der Waals surface area contributed by atoms with E-state index in [9.17, 15) is 14.9 Å². The molecule has 1 atom stereocenters. The summed E-state index contributed by atoms with van der Waals surface area (Å²) in [6, 6.07) is 4.42. The Balaban J connectivity index is 2.29. The molecule has 1 aromatic rings. The largest absolute Gasteiger partial charge is 0.465 e. The lowest BCUT2D eigenvalue weighted by Gasteiger charge is -2.13. The second kappa shape index (κ2) is 5.92. The fourth-order valence-electron chi connectivity index (χ4n) is 1.92. The molecule has 1 N–H and O–H groups in total. The van der Waals surface area contributed by atoms with Crippen LogP contribution in [0.1, 0.15) is 16.8 Å². The molecule has 0 spiro atoms. The molecule has 6 nitrogen and oxygen atoms in total. The van der Waals surface area contributed by atoms with Crippen molar-refractivity contribution in [3.8, 4) is 0 Å². The number of thioether (sulfide) groups is 1. The molecule has 0 amide bonds. The van der Waals surface area contributed by atoms with Crippen LogP contribution in [-0.4, -0.2) is 35.5 Å². The molecule has 0 saturated carbocycles. The van der Waals surface area contributed by atoms with Crippen molar-refractivity contribution in [1.82, 2.24) is 0 Å². The number of rotatable bonds is 4. The van der Waals surface area contributed by atoms with Crippen LogP contribution in [0.25, 0.3) is 0 Å². The van der Waals surface area contributed by atoms with Crippen LogP contribution in [-0.2, 0) is 4.74 Å². The summed E-state index contributed by atoms with van der Waals surface area (Å²) in [5, 5.41) is 14.1. The van der Waals surface area contributed by atoms with Crippen LogP contribution < -0.4 is 5.32 Å². The lowest BCUT2D eigenvalue weighted by molar-refractivity contribution is -0.384. The Morgan fingerprint density at radius 1 is 1.58 bits per heavy atom. The Morgan fingerprint density at radius 3 is 2.95 bits per heavy atom. The van der Waals surface area contributed by atoms with E-state index in [1.54, 1.807) is 11.8 Å². The number of nitro benzene ring substituents is 1. The van der Waals surface area contributed by atoms with E-state index < -0.39 is 10.9 Å². The molecule has 1 unspecified atom stereocenters. The molecular formula is C12H14N2O4S. The van der Waals surface area contributed by atoms with Gasteiger partial charge in [-0.1, -0.05) is 0 Å². The van der Waals surface area contributed by atoms with Gasteiger partial charge in [0.05, 0.1) is 17.6 Å². The predicted molar refractivity (Wildman–Crippen MR) is 73.8 cm³/mol. The topological polar surface area (TPSA) is 81.5 Å². The molecule has 0 bridgehead atoms. The molecule has 102 valence electrons. The van der Waals surface area contributed by atoms with E-state index in [0.29, 0.717) is 11.3 Å². The monoisotopic (exact) mass is 282 g/mol. The number of hydrogen-bond donors (Lipinski definition) is 1. The summed E-state index contributed by atoms with van der Waals surface area (Å²) in [5.41, 5.74) is 0.659. The summed E-state index contributed by atoms with van der Waals surface area (Å²) in [6.45, 7) is 0. The van der Waals surface area contributed by atoms with Crippen molar-refractivity contribution in [2.24, 2.45) is 0 Å². The van der Waals surface area contributed by atoms with Crippen molar-refractivity contribution >= 4 is 29.1 Å². The van der Waals surface area contributed by atoms with Crippen LogP contribution in [0.5, 0.6) is 0 Å². The minimum Gasteiger partial charge on any atom is -0.465 e. The van der Waals surface area contributed by atoms with Gasteiger partial charge in [-0.2, -0.15) is 11.8 Å². The average molecular weight is 282 g/mol. The predicted octanol–water partition coefficient (Wildman–Crippen LogP) is 2.30. The molecule has 7 heteroatoms. The quantitative estimate of drug-likeness (QED) is 0.518. The number of methoxy groups -OCH3 is 1. The summed E-state index contributed by atoms with van der Waals surface area (Å²) >= 11 is 1.81. The summed E-state index contributed by atoms with van der Waals surface area (Å²) in [6.07, 6.45) is 0.963. The van der Waals surface area contributed by atoms with E-state index in [0.717, 1.165) is 17.9 Å². The molecular weight excluding hydrogens is 268 g/mol. The van der Waals surface area contributed by atoms with Crippen molar-refractivity contribution in [3.63, 3.8) is 0 Å². The Morgan fingerprint density at radius 2 is 2.37 bits per heavy atom. The molecule has 1 aliphatic heterocycles. The number of benzene rings is 1. The second-order valence-corrected chi connectivity index (χ2v) is 5.34. The molecule has 1 heterocycles. The first-order valence-electron chi connectivity index (χ1n) is 5.83. The maximum atomic E-state index is 11.5. The number of ether oxygens (including phenoxy) is 1. The average Bonchev–Trinajstić information content (AvgIpc) is 2.90. The van der Waals surface area contributed by atoms with Crippen molar-refractivity contribution in [3.05, 3.63) is 33.9 Å². The first kappa shape index (κ1) is 13.7. The Hall–Kier alpha value is -1.76. The zero-order chi connectivity index (χ0) is 13.8. The number of hydrogen-bond acceptors (Lipinski definition) is 6. The normalized spacial score (nSPS) is 18.1. The SMILES string of the molecule is COC(=O)c1ccc([N+](=O)[O-])c(NC2CCSC2)c1. The van der Waals surface area contributed by atoms with Gasteiger partial charge in [0, 0.05) is 17.9 Å². The third kappa shape index (κ3) is 3.17. The van der Waals surface area contributed by atoms with Crippen molar-refractivity contribution < 1.29 is 14.5 Å². The van der Waals surface area contributed by atoms with Gasteiger partial charge in [-0.15, -0.1) is 0 Å². The Kier molecular flexibility index (Phi) is 4.26. The number of nitrogens with zero attached hydrogens (tertiary/aromatic N) is 1. The summed E-state index contributed by atoms with van der Waals surface area (Å²) < 4.78 is 4.62. The highest BCUT2D eigenvalue weighted by atomic mass is 32.2. The van der Waals surface area contributed by atoms with Crippen molar-refractivity contribution in [1.29, 1.82) is 0 Å². The first-order valence-corrected chi connectivity index (χ1v) is 6.98.